The van der Waals surface area contributed by atoms with Crippen LogP contribution in [0.5, 0.6) is 5.75 Å². The van der Waals surface area contributed by atoms with E-state index in [-0.39, 0.29) is 28.5 Å². The molecule has 0 amide bonds. The van der Waals surface area contributed by atoms with Crippen LogP contribution in [0.25, 0.3) is 0 Å². The van der Waals surface area contributed by atoms with Crippen molar-refractivity contribution in [3.05, 3.63) is 48.0 Å². The van der Waals surface area contributed by atoms with Gasteiger partial charge < -0.3 is 4.74 Å². The van der Waals surface area contributed by atoms with Crippen molar-refractivity contribution in [1.29, 1.82) is 0 Å². The summed E-state index contributed by atoms with van der Waals surface area (Å²) < 4.78 is 68.2. The van der Waals surface area contributed by atoms with E-state index >= 15 is 0 Å². The fourth-order valence-electron chi connectivity index (χ4n) is 5.57. The molecule has 13 heteroatoms. The van der Waals surface area contributed by atoms with Crippen molar-refractivity contribution >= 4 is 26.7 Å². The van der Waals surface area contributed by atoms with Crippen molar-refractivity contribution in [2.75, 3.05) is 17.9 Å². The molecule has 9 nitrogen and oxygen atoms in total. The monoisotopic (exact) mass is 522 g/mol. The van der Waals surface area contributed by atoms with Crippen LogP contribution in [-0.4, -0.2) is 51.5 Å². The number of halogens is 2. The lowest BCUT2D eigenvalue weighted by Gasteiger charge is -2.45. The lowest BCUT2D eigenvalue weighted by atomic mass is 9.83. The Balaban J connectivity index is 1.32. The normalized spacial score (nSPS) is 27.9. The first kappa shape index (κ1) is 22.8. The number of piperidine rings is 1. The van der Waals surface area contributed by atoms with Gasteiger partial charge >= 0.3 is 0 Å². The summed E-state index contributed by atoms with van der Waals surface area (Å²) in [4.78, 5) is 6.20. The Bertz CT molecular complexity index is 1360. The molecule has 1 saturated heterocycles. The van der Waals surface area contributed by atoms with Crippen LogP contribution in [0.2, 0.25) is 0 Å². The van der Waals surface area contributed by atoms with Crippen LogP contribution >= 0.6 is 11.5 Å². The molecule has 1 saturated carbocycles. The number of ether oxygens (including phenoxy) is 1. The van der Waals surface area contributed by atoms with Gasteiger partial charge in [0.05, 0.1) is 23.2 Å². The topological polar surface area (TPSA) is 102 Å². The van der Waals surface area contributed by atoms with Crippen molar-refractivity contribution in [2.45, 2.75) is 48.6 Å². The number of benzene rings is 1. The van der Waals surface area contributed by atoms with Gasteiger partial charge in [0.25, 0.3) is 15.9 Å². The molecule has 1 unspecified atom stereocenters. The maximum atomic E-state index is 14.4. The molecule has 186 valence electrons. The first-order valence-corrected chi connectivity index (χ1v) is 13.6. The van der Waals surface area contributed by atoms with Crippen LogP contribution in [-0.2, 0) is 17.1 Å². The fraction of sp³-hybridized carbons (Fsp3) is 0.500. The standard InChI is InChI=1S/C22H24F2N6O3S2/c1-29-17(4-7-26-29)18-11-21(12-22(21,23)24)6-8-30(18)16-5-9-33-19-10-14(2-3-15(16)19)35(31,32)28-20-25-13-27-34-20/h2-4,7,10,13,16,18H,5-6,8-9,11-12H2,1H3,(H,25,27,28)/t16-,18+,21?/m0/s1. The average molecular weight is 523 g/mol. The number of likely N-dealkylation sites (tertiary alicyclic amines) is 1. The molecule has 3 atom stereocenters. The van der Waals surface area contributed by atoms with Crippen molar-refractivity contribution in [1.82, 2.24) is 24.0 Å². The third kappa shape index (κ3) is 3.80. The second-order valence-corrected chi connectivity index (χ2v) is 11.9. The van der Waals surface area contributed by atoms with Gasteiger partial charge in [-0.25, -0.2) is 22.2 Å². The molecule has 0 bridgehead atoms. The molecule has 1 aromatic carbocycles. The molecule has 1 aliphatic carbocycles. The highest BCUT2D eigenvalue weighted by molar-refractivity contribution is 7.93. The van der Waals surface area contributed by atoms with E-state index in [0.29, 0.717) is 38.2 Å². The molecule has 1 spiro atoms. The third-order valence-corrected chi connectivity index (χ3v) is 9.58. The van der Waals surface area contributed by atoms with Crippen LogP contribution in [0.4, 0.5) is 13.9 Å². The number of anilines is 1. The van der Waals surface area contributed by atoms with Gasteiger partial charge in [-0.15, -0.1) is 0 Å². The molecule has 6 rings (SSSR count). The highest BCUT2D eigenvalue weighted by Gasteiger charge is 2.72. The first-order valence-electron chi connectivity index (χ1n) is 11.4. The zero-order chi connectivity index (χ0) is 24.4. The summed E-state index contributed by atoms with van der Waals surface area (Å²) in [6, 6.07) is 6.42. The number of nitrogens with one attached hydrogen (secondary N) is 1. The predicted molar refractivity (Wildman–Crippen MR) is 124 cm³/mol. The van der Waals surface area contributed by atoms with Crippen molar-refractivity contribution in [3.8, 4) is 5.75 Å². The number of rotatable bonds is 5. The van der Waals surface area contributed by atoms with Gasteiger partial charge in [0.2, 0.25) is 5.13 Å². The number of hydrogen-bond donors (Lipinski definition) is 1. The van der Waals surface area contributed by atoms with E-state index in [1.165, 1.54) is 12.4 Å². The Hall–Kier alpha value is -2.64. The molecule has 3 aromatic rings. The summed E-state index contributed by atoms with van der Waals surface area (Å²) in [7, 11) is -2.03. The second kappa shape index (κ2) is 7.93. The molecule has 2 fully saturated rings. The number of fused-ring (bicyclic) bond motifs is 1. The van der Waals surface area contributed by atoms with Crippen LogP contribution in [0, 0.1) is 5.41 Å². The van der Waals surface area contributed by atoms with Gasteiger partial charge in [-0.3, -0.25) is 14.3 Å². The molecule has 2 aliphatic heterocycles. The Kier molecular flexibility index (Phi) is 5.17. The number of alkyl halides is 2. The maximum absolute atomic E-state index is 14.4. The molecular weight excluding hydrogens is 498 g/mol. The Labute approximate surface area is 205 Å². The zero-order valence-corrected chi connectivity index (χ0v) is 20.5. The SMILES string of the molecule is Cn1nccc1[C@H]1CC2(CCN1[C@H]1CCOc3cc(S(=O)(=O)Nc4ncns4)ccc31)CC2(F)F. The quantitative estimate of drug-likeness (QED) is 0.544. The Morgan fingerprint density at radius 2 is 2.09 bits per heavy atom. The van der Waals surface area contributed by atoms with E-state index in [2.05, 4.69) is 24.1 Å². The summed E-state index contributed by atoms with van der Waals surface area (Å²) in [6.45, 7) is 0.926. The minimum absolute atomic E-state index is 0.0601. The van der Waals surface area contributed by atoms with Gasteiger partial charge in [-0.1, -0.05) is 6.07 Å². The fourth-order valence-corrected chi connectivity index (χ4v) is 7.25. The Morgan fingerprint density at radius 1 is 1.26 bits per heavy atom. The van der Waals surface area contributed by atoms with Crippen LogP contribution in [0.3, 0.4) is 0 Å². The molecular formula is C22H24F2N6O3S2. The van der Waals surface area contributed by atoms with Crippen molar-refractivity contribution in [2.24, 2.45) is 12.5 Å². The highest BCUT2D eigenvalue weighted by atomic mass is 32.2. The average Bonchev–Trinajstić information content (AvgIpc) is 3.24. The van der Waals surface area contributed by atoms with Crippen LogP contribution in [0.1, 0.15) is 49.0 Å². The van der Waals surface area contributed by atoms with E-state index in [1.807, 2.05) is 13.1 Å². The molecule has 2 aromatic heterocycles. The molecule has 4 heterocycles. The van der Waals surface area contributed by atoms with Gasteiger partial charge in [-0.2, -0.15) is 9.47 Å². The van der Waals surface area contributed by atoms with E-state index in [0.717, 1.165) is 22.8 Å². The zero-order valence-electron chi connectivity index (χ0n) is 18.9. The number of sulfonamides is 1. The molecule has 3 aliphatic rings. The number of nitrogens with zero attached hydrogens (tertiary/aromatic N) is 5. The Morgan fingerprint density at radius 3 is 2.77 bits per heavy atom. The van der Waals surface area contributed by atoms with Crippen molar-refractivity contribution in [3.63, 3.8) is 0 Å². The van der Waals surface area contributed by atoms with Crippen molar-refractivity contribution < 1.29 is 21.9 Å². The van der Waals surface area contributed by atoms with E-state index in [1.54, 1.807) is 23.0 Å². The van der Waals surface area contributed by atoms with Gasteiger partial charge in [-0.05, 0) is 25.0 Å². The third-order valence-electron chi connectivity index (χ3n) is 7.53. The minimum Gasteiger partial charge on any atom is -0.493 e. The summed E-state index contributed by atoms with van der Waals surface area (Å²) in [5, 5.41) is 4.47. The molecule has 1 N–H and O–H groups in total. The van der Waals surface area contributed by atoms with E-state index in [9.17, 15) is 17.2 Å². The summed E-state index contributed by atoms with van der Waals surface area (Å²) in [6.07, 6.45) is 4.39. The van der Waals surface area contributed by atoms with Crippen LogP contribution in [0.15, 0.2) is 41.7 Å². The smallest absolute Gasteiger partial charge is 0.263 e. The van der Waals surface area contributed by atoms with Gasteiger partial charge in [0.15, 0.2) is 0 Å². The minimum atomic E-state index is -3.86. The van der Waals surface area contributed by atoms with E-state index < -0.39 is 21.4 Å². The lowest BCUT2D eigenvalue weighted by molar-refractivity contribution is -0.0156. The number of aryl methyl sites for hydroxylation is 1. The largest absolute Gasteiger partial charge is 0.493 e. The number of hydrogen-bond acceptors (Lipinski definition) is 8. The first-order chi connectivity index (χ1) is 16.7. The van der Waals surface area contributed by atoms with Gasteiger partial charge in [0, 0.05) is 67.3 Å². The van der Waals surface area contributed by atoms with Gasteiger partial charge in [0.1, 0.15) is 12.1 Å². The summed E-state index contributed by atoms with van der Waals surface area (Å²) >= 11 is 0.947. The van der Waals surface area contributed by atoms with Crippen LogP contribution < -0.4 is 9.46 Å². The predicted octanol–water partition coefficient (Wildman–Crippen LogP) is 3.76. The molecule has 0 radical (unpaired) electrons. The molecule has 35 heavy (non-hydrogen) atoms. The lowest BCUT2D eigenvalue weighted by Crippen LogP contribution is -2.43. The summed E-state index contributed by atoms with van der Waals surface area (Å²) in [5.41, 5.74) is 0.817. The van der Waals surface area contributed by atoms with E-state index in [4.69, 9.17) is 4.74 Å². The second-order valence-electron chi connectivity index (χ2n) is 9.45. The maximum Gasteiger partial charge on any atom is 0.263 e. The number of aromatic nitrogens is 4. The highest BCUT2D eigenvalue weighted by Crippen LogP contribution is 2.69. The summed E-state index contributed by atoms with van der Waals surface area (Å²) in [5.74, 6) is -2.13.